The molecule has 1 unspecified atom stereocenters. The number of amides is 1. The highest BCUT2D eigenvalue weighted by Crippen LogP contribution is 2.21. The zero-order chi connectivity index (χ0) is 20.7. The van der Waals surface area contributed by atoms with Crippen molar-refractivity contribution >= 4 is 5.91 Å². The molecule has 2 aromatic rings. The maximum absolute atomic E-state index is 13.0. The van der Waals surface area contributed by atoms with E-state index in [9.17, 15) is 9.18 Å². The molecule has 3 rings (SSSR count). The molecule has 0 spiro atoms. The summed E-state index contributed by atoms with van der Waals surface area (Å²) in [6.45, 7) is 0.701. The van der Waals surface area contributed by atoms with Crippen LogP contribution in [-0.2, 0) is 4.79 Å². The predicted octanol–water partition coefficient (Wildman–Crippen LogP) is 0.949. The number of nitrogens with two attached hydrogens (primary N) is 3. The Morgan fingerprint density at radius 3 is 2.22 bits per heavy atom. The lowest BCUT2D eigenvalue weighted by Gasteiger charge is -2.05. The molecule has 1 amide bonds. The maximum Gasteiger partial charge on any atom is 0.229 e. The quantitative estimate of drug-likeness (QED) is 0.555. The van der Waals surface area contributed by atoms with E-state index in [1.54, 1.807) is 18.3 Å². The summed E-state index contributed by atoms with van der Waals surface area (Å²) < 4.78 is 13.0. The van der Waals surface area contributed by atoms with Crippen LogP contribution >= 0.6 is 0 Å². The maximum atomic E-state index is 13.0. The van der Waals surface area contributed by atoms with Crippen LogP contribution in [0.5, 0.6) is 0 Å². The van der Waals surface area contributed by atoms with Crippen molar-refractivity contribution in [3.05, 3.63) is 65.2 Å². The molecular weight excluding hydrogens is 345 g/mol. The van der Waals surface area contributed by atoms with Gasteiger partial charge in [-0.2, -0.15) is 0 Å². The average Bonchev–Trinajstić information content (AvgIpc) is 3.17. The van der Waals surface area contributed by atoms with Gasteiger partial charge in [-0.3, -0.25) is 9.78 Å². The molecule has 146 valence electrons. The van der Waals surface area contributed by atoms with Gasteiger partial charge in [0.15, 0.2) is 0 Å². The van der Waals surface area contributed by atoms with Gasteiger partial charge < -0.3 is 22.5 Å². The Labute approximate surface area is 160 Å². The average molecular weight is 373 g/mol. The summed E-state index contributed by atoms with van der Waals surface area (Å²) in [4.78, 5) is 15.9. The van der Waals surface area contributed by atoms with Gasteiger partial charge in [-0.1, -0.05) is 17.9 Å². The van der Waals surface area contributed by atoms with Crippen LogP contribution in [0.25, 0.3) is 0 Å². The summed E-state index contributed by atoms with van der Waals surface area (Å²) in [6.07, 6.45) is 2.42. The molecule has 1 aliphatic heterocycles. The zero-order valence-electron chi connectivity index (χ0n) is 16.0. The molecule has 0 saturated carbocycles. The SMILES string of the molecule is CN.CN.CN.O=C1NCCC1c1ccc(C#Cc2cccc(F)c2)cn1. The lowest BCUT2D eigenvalue weighted by molar-refractivity contribution is -0.120. The summed E-state index contributed by atoms with van der Waals surface area (Å²) >= 11 is 0. The smallest absolute Gasteiger partial charge is 0.229 e. The van der Waals surface area contributed by atoms with Crippen LogP contribution in [0.2, 0.25) is 0 Å². The topological polar surface area (TPSA) is 120 Å². The largest absolute Gasteiger partial charge is 0.355 e. The molecule has 6 nitrogen and oxygen atoms in total. The van der Waals surface area contributed by atoms with Crippen molar-refractivity contribution in [2.75, 3.05) is 27.7 Å². The molecule has 1 fully saturated rings. The van der Waals surface area contributed by atoms with E-state index in [0.29, 0.717) is 12.1 Å². The second kappa shape index (κ2) is 14.4. The highest BCUT2D eigenvalue weighted by Gasteiger charge is 2.26. The third kappa shape index (κ3) is 7.96. The first-order chi connectivity index (χ1) is 13.2. The molecule has 27 heavy (non-hydrogen) atoms. The number of pyridine rings is 1. The van der Waals surface area contributed by atoms with Gasteiger partial charge in [-0.05, 0) is 57.9 Å². The van der Waals surface area contributed by atoms with Crippen LogP contribution in [0.4, 0.5) is 4.39 Å². The fourth-order valence-electron chi connectivity index (χ4n) is 2.27. The summed E-state index contributed by atoms with van der Waals surface area (Å²) in [5.41, 5.74) is 15.6. The Kier molecular flexibility index (Phi) is 12.9. The first-order valence-electron chi connectivity index (χ1n) is 8.47. The molecule has 1 aromatic carbocycles. The van der Waals surface area contributed by atoms with E-state index in [2.05, 4.69) is 39.3 Å². The fraction of sp³-hybridized carbons (Fsp3) is 0.300. The number of carbonyl (C=O) groups is 1. The van der Waals surface area contributed by atoms with Gasteiger partial charge in [0.25, 0.3) is 0 Å². The number of aromatic nitrogens is 1. The van der Waals surface area contributed by atoms with Gasteiger partial charge in [-0.25, -0.2) is 4.39 Å². The van der Waals surface area contributed by atoms with Crippen molar-refractivity contribution in [1.82, 2.24) is 10.3 Å². The van der Waals surface area contributed by atoms with E-state index in [0.717, 1.165) is 17.7 Å². The van der Waals surface area contributed by atoms with Crippen molar-refractivity contribution in [2.24, 2.45) is 17.2 Å². The molecule has 1 aliphatic rings. The minimum atomic E-state index is -0.303. The van der Waals surface area contributed by atoms with Crippen LogP contribution < -0.4 is 22.5 Å². The summed E-state index contributed by atoms with van der Waals surface area (Å²) in [6, 6.07) is 9.80. The Balaban J connectivity index is 0.00000103. The second-order valence-corrected chi connectivity index (χ2v) is 4.86. The van der Waals surface area contributed by atoms with Gasteiger partial charge in [0.2, 0.25) is 5.91 Å². The van der Waals surface area contributed by atoms with Crippen molar-refractivity contribution < 1.29 is 9.18 Å². The van der Waals surface area contributed by atoms with Crippen molar-refractivity contribution in [3.8, 4) is 11.8 Å². The lowest BCUT2D eigenvalue weighted by atomic mass is 10.0. The minimum Gasteiger partial charge on any atom is -0.355 e. The summed E-state index contributed by atoms with van der Waals surface area (Å²) in [5, 5.41) is 2.79. The van der Waals surface area contributed by atoms with Gasteiger partial charge >= 0.3 is 0 Å². The predicted molar refractivity (Wildman–Crippen MR) is 107 cm³/mol. The molecule has 1 atom stereocenters. The zero-order valence-corrected chi connectivity index (χ0v) is 16.0. The Bertz CT molecular complexity index is 738. The van der Waals surface area contributed by atoms with Crippen molar-refractivity contribution in [1.29, 1.82) is 0 Å². The van der Waals surface area contributed by atoms with Crippen LogP contribution in [0.15, 0.2) is 42.6 Å². The highest BCUT2D eigenvalue weighted by molar-refractivity contribution is 5.85. The molecule has 1 aromatic heterocycles. The van der Waals surface area contributed by atoms with Crippen molar-refractivity contribution in [2.45, 2.75) is 12.3 Å². The van der Waals surface area contributed by atoms with Gasteiger partial charge in [0.05, 0.1) is 11.6 Å². The third-order valence-corrected chi connectivity index (χ3v) is 3.37. The van der Waals surface area contributed by atoms with Crippen molar-refractivity contribution in [3.63, 3.8) is 0 Å². The van der Waals surface area contributed by atoms with E-state index >= 15 is 0 Å². The van der Waals surface area contributed by atoms with Gasteiger partial charge in [-0.15, -0.1) is 0 Å². The third-order valence-electron chi connectivity index (χ3n) is 3.37. The first kappa shape index (κ1) is 24.2. The Morgan fingerprint density at radius 2 is 1.70 bits per heavy atom. The monoisotopic (exact) mass is 373 g/mol. The highest BCUT2D eigenvalue weighted by atomic mass is 19.1. The van der Waals surface area contributed by atoms with E-state index in [1.165, 1.54) is 33.3 Å². The van der Waals surface area contributed by atoms with E-state index in [-0.39, 0.29) is 17.6 Å². The molecule has 1 saturated heterocycles. The lowest BCUT2D eigenvalue weighted by Crippen LogP contribution is -2.18. The van der Waals surface area contributed by atoms with Crippen LogP contribution in [0.3, 0.4) is 0 Å². The standard InChI is InChI=1S/C17H13FN2O.3CH5N/c18-14-3-1-2-12(10-14)4-5-13-6-7-16(20-11-13)15-8-9-19-17(15)21;3*1-2/h1-3,6-7,10-11,15H,8-9H2,(H,19,21);3*2H2,1H3. The Hall–Kier alpha value is -2.79. The first-order valence-corrected chi connectivity index (χ1v) is 8.47. The normalized spacial score (nSPS) is 13.9. The number of hydrogen-bond acceptors (Lipinski definition) is 5. The molecule has 2 heterocycles. The van der Waals surface area contributed by atoms with E-state index in [4.69, 9.17) is 0 Å². The summed E-state index contributed by atoms with van der Waals surface area (Å²) in [7, 11) is 4.50. The molecule has 0 aliphatic carbocycles. The van der Waals surface area contributed by atoms with Crippen LogP contribution in [0, 0.1) is 17.7 Å². The number of halogens is 1. The number of hydrogen-bond donors (Lipinski definition) is 4. The number of carbonyl (C=O) groups excluding carboxylic acids is 1. The number of benzene rings is 1. The van der Waals surface area contributed by atoms with Gasteiger partial charge in [0.1, 0.15) is 5.82 Å². The van der Waals surface area contributed by atoms with E-state index in [1.807, 2.05) is 12.1 Å². The van der Waals surface area contributed by atoms with Crippen LogP contribution in [0.1, 0.15) is 29.2 Å². The number of nitrogens with zero attached hydrogens (tertiary/aromatic N) is 1. The second-order valence-electron chi connectivity index (χ2n) is 4.86. The minimum absolute atomic E-state index is 0.0288. The molecule has 7 heteroatoms. The Morgan fingerprint density at radius 1 is 1.04 bits per heavy atom. The molecule has 7 N–H and O–H groups in total. The molecule has 0 bridgehead atoms. The summed E-state index contributed by atoms with van der Waals surface area (Å²) in [5.74, 6) is 5.40. The van der Waals surface area contributed by atoms with E-state index < -0.39 is 0 Å². The number of rotatable bonds is 1. The molecular formula is C20H28FN5O. The number of nitrogens with one attached hydrogen (secondary N) is 1. The van der Waals surface area contributed by atoms with Gasteiger partial charge in [0, 0.05) is 23.9 Å². The molecule has 0 radical (unpaired) electrons. The van der Waals surface area contributed by atoms with Crippen LogP contribution in [-0.4, -0.2) is 38.6 Å². The fourth-order valence-corrected chi connectivity index (χ4v) is 2.27.